The number of nitrogens with one attached hydrogen (secondary N) is 2. The molecular formula is C20H32N4O2. The van der Waals surface area contributed by atoms with E-state index in [0.717, 1.165) is 30.9 Å². The van der Waals surface area contributed by atoms with Crippen LogP contribution in [0.15, 0.2) is 24.3 Å². The van der Waals surface area contributed by atoms with Crippen LogP contribution in [0.4, 0.5) is 5.69 Å². The number of rotatable bonds is 4. The van der Waals surface area contributed by atoms with E-state index in [1.807, 2.05) is 23.1 Å². The van der Waals surface area contributed by atoms with Crippen LogP contribution in [-0.2, 0) is 4.79 Å². The molecule has 2 heterocycles. The third-order valence-corrected chi connectivity index (χ3v) is 5.88. The number of anilines is 1. The molecule has 0 radical (unpaired) electrons. The summed E-state index contributed by atoms with van der Waals surface area (Å²) in [4.78, 5) is 17.5. The molecule has 0 spiro atoms. The van der Waals surface area contributed by atoms with Crippen LogP contribution in [0.1, 0.15) is 34.1 Å². The van der Waals surface area contributed by atoms with E-state index < -0.39 is 0 Å². The van der Waals surface area contributed by atoms with E-state index in [1.54, 1.807) is 7.11 Å². The first-order chi connectivity index (χ1) is 12.4. The van der Waals surface area contributed by atoms with E-state index in [-0.39, 0.29) is 17.5 Å². The van der Waals surface area contributed by atoms with Crippen molar-refractivity contribution in [1.29, 1.82) is 0 Å². The van der Waals surface area contributed by atoms with Crippen molar-refractivity contribution in [2.45, 2.75) is 51.7 Å². The largest absolute Gasteiger partial charge is 0.495 e. The highest BCUT2D eigenvalue weighted by atomic mass is 16.5. The van der Waals surface area contributed by atoms with Crippen LogP contribution in [0.2, 0.25) is 0 Å². The third-order valence-electron chi connectivity index (χ3n) is 5.88. The Kier molecular flexibility index (Phi) is 5.44. The molecule has 26 heavy (non-hydrogen) atoms. The normalized spacial score (nSPS) is 28.3. The maximum atomic E-state index is 13.1. The predicted octanol–water partition coefficient (Wildman–Crippen LogP) is 2.01. The molecule has 6 nitrogen and oxygen atoms in total. The van der Waals surface area contributed by atoms with E-state index in [9.17, 15) is 4.79 Å². The SMILES string of the molecule is CCC1NNC(C(=O)N2CCN(c3ccccc3OC)C(C)(C)C2)C1C. The number of amides is 1. The van der Waals surface area contributed by atoms with E-state index in [1.165, 1.54) is 0 Å². The molecule has 6 heteroatoms. The Hall–Kier alpha value is -1.79. The number of carbonyl (C=O) groups excluding carboxylic acids is 1. The average molecular weight is 361 g/mol. The zero-order valence-electron chi connectivity index (χ0n) is 16.6. The second-order valence-electron chi connectivity index (χ2n) is 8.04. The van der Waals surface area contributed by atoms with Crippen LogP contribution in [0.25, 0.3) is 0 Å². The number of para-hydroxylation sites is 2. The number of hydrazine groups is 1. The van der Waals surface area contributed by atoms with E-state index in [4.69, 9.17) is 4.74 Å². The lowest BCUT2D eigenvalue weighted by atomic mass is 9.92. The zero-order valence-corrected chi connectivity index (χ0v) is 16.6. The van der Waals surface area contributed by atoms with Gasteiger partial charge in [0.25, 0.3) is 0 Å². The second-order valence-corrected chi connectivity index (χ2v) is 8.04. The number of benzene rings is 1. The lowest BCUT2D eigenvalue weighted by Crippen LogP contribution is -2.63. The highest BCUT2D eigenvalue weighted by Crippen LogP contribution is 2.35. The average Bonchev–Trinajstić information content (AvgIpc) is 3.00. The quantitative estimate of drug-likeness (QED) is 0.860. The fourth-order valence-corrected chi connectivity index (χ4v) is 4.29. The van der Waals surface area contributed by atoms with Crippen molar-refractivity contribution in [3.8, 4) is 5.75 Å². The molecule has 3 unspecified atom stereocenters. The molecule has 2 aliphatic heterocycles. The summed E-state index contributed by atoms with van der Waals surface area (Å²) in [5.41, 5.74) is 7.42. The first-order valence-corrected chi connectivity index (χ1v) is 9.59. The van der Waals surface area contributed by atoms with Crippen LogP contribution in [-0.4, -0.2) is 55.2 Å². The van der Waals surface area contributed by atoms with Crippen LogP contribution in [0, 0.1) is 5.92 Å². The number of hydrogen-bond donors (Lipinski definition) is 2. The van der Waals surface area contributed by atoms with Gasteiger partial charge < -0.3 is 14.5 Å². The van der Waals surface area contributed by atoms with Gasteiger partial charge in [0.1, 0.15) is 11.8 Å². The number of ether oxygens (including phenoxy) is 1. The summed E-state index contributed by atoms with van der Waals surface area (Å²) in [6.45, 7) is 10.9. The van der Waals surface area contributed by atoms with Crippen molar-refractivity contribution in [3.05, 3.63) is 24.3 Å². The van der Waals surface area contributed by atoms with E-state index in [0.29, 0.717) is 18.5 Å². The molecule has 3 atom stereocenters. The van der Waals surface area contributed by atoms with Gasteiger partial charge >= 0.3 is 0 Å². The Morgan fingerprint density at radius 2 is 2.00 bits per heavy atom. The van der Waals surface area contributed by atoms with Crippen molar-refractivity contribution in [2.24, 2.45) is 5.92 Å². The predicted molar refractivity (Wildman–Crippen MR) is 104 cm³/mol. The topological polar surface area (TPSA) is 56.8 Å². The number of carbonyl (C=O) groups is 1. The van der Waals surface area contributed by atoms with Gasteiger partial charge in [-0.15, -0.1) is 0 Å². The highest BCUT2D eigenvalue weighted by Gasteiger charge is 2.42. The van der Waals surface area contributed by atoms with Gasteiger partial charge in [0, 0.05) is 25.7 Å². The van der Waals surface area contributed by atoms with Gasteiger partial charge in [-0.3, -0.25) is 10.2 Å². The number of methoxy groups -OCH3 is 1. The molecular weight excluding hydrogens is 328 g/mol. The molecule has 2 aliphatic rings. The van der Waals surface area contributed by atoms with Gasteiger partial charge in [0.15, 0.2) is 0 Å². The molecule has 0 aliphatic carbocycles. The molecule has 0 aromatic heterocycles. The Bertz CT molecular complexity index is 648. The van der Waals surface area contributed by atoms with Crippen LogP contribution >= 0.6 is 0 Å². The Labute approximate surface area is 156 Å². The molecule has 3 rings (SSSR count). The van der Waals surface area contributed by atoms with E-state index in [2.05, 4.69) is 49.5 Å². The minimum Gasteiger partial charge on any atom is -0.495 e. The molecule has 1 aromatic carbocycles. The number of piperazine rings is 1. The van der Waals surface area contributed by atoms with Crippen LogP contribution < -0.4 is 20.5 Å². The Morgan fingerprint density at radius 1 is 1.27 bits per heavy atom. The molecule has 1 aromatic rings. The smallest absolute Gasteiger partial charge is 0.241 e. The molecule has 2 fully saturated rings. The Morgan fingerprint density at radius 3 is 2.62 bits per heavy atom. The third kappa shape index (κ3) is 3.40. The molecule has 2 saturated heterocycles. The van der Waals surface area contributed by atoms with Gasteiger partial charge in [-0.25, -0.2) is 5.43 Å². The Balaban J connectivity index is 1.73. The summed E-state index contributed by atoms with van der Waals surface area (Å²) in [6, 6.07) is 8.31. The van der Waals surface area contributed by atoms with Crippen molar-refractivity contribution < 1.29 is 9.53 Å². The lowest BCUT2D eigenvalue weighted by molar-refractivity contribution is -0.135. The minimum absolute atomic E-state index is 0.145. The van der Waals surface area contributed by atoms with Crippen molar-refractivity contribution in [3.63, 3.8) is 0 Å². The maximum absolute atomic E-state index is 13.1. The fourth-order valence-electron chi connectivity index (χ4n) is 4.29. The summed E-state index contributed by atoms with van der Waals surface area (Å²) in [7, 11) is 1.70. The van der Waals surface area contributed by atoms with Gasteiger partial charge in [0.05, 0.1) is 18.3 Å². The van der Waals surface area contributed by atoms with Gasteiger partial charge in [-0.05, 0) is 38.3 Å². The monoisotopic (exact) mass is 360 g/mol. The van der Waals surface area contributed by atoms with Crippen molar-refractivity contribution in [1.82, 2.24) is 15.8 Å². The summed E-state index contributed by atoms with van der Waals surface area (Å²) >= 11 is 0. The number of nitrogens with zero attached hydrogens (tertiary/aromatic N) is 2. The molecule has 0 bridgehead atoms. The van der Waals surface area contributed by atoms with Crippen molar-refractivity contribution in [2.75, 3.05) is 31.6 Å². The first-order valence-electron chi connectivity index (χ1n) is 9.59. The fraction of sp³-hybridized carbons (Fsp3) is 0.650. The summed E-state index contributed by atoms with van der Waals surface area (Å²) in [5, 5.41) is 0. The zero-order chi connectivity index (χ0) is 18.9. The van der Waals surface area contributed by atoms with Crippen LogP contribution in [0.3, 0.4) is 0 Å². The maximum Gasteiger partial charge on any atom is 0.241 e. The summed E-state index contributed by atoms with van der Waals surface area (Å²) < 4.78 is 5.55. The number of hydrogen-bond acceptors (Lipinski definition) is 5. The standard InChI is InChI=1S/C20H32N4O2/c1-6-15-14(2)18(22-21-15)19(25)23-11-12-24(20(3,4)13-23)16-9-7-8-10-17(16)26-5/h7-10,14-15,18,21-22H,6,11-13H2,1-5H3. The second kappa shape index (κ2) is 7.45. The first kappa shape index (κ1) is 19.0. The van der Waals surface area contributed by atoms with Crippen molar-refractivity contribution >= 4 is 11.6 Å². The molecule has 0 saturated carbocycles. The highest BCUT2D eigenvalue weighted by molar-refractivity contribution is 5.83. The molecule has 2 N–H and O–H groups in total. The lowest BCUT2D eigenvalue weighted by Gasteiger charge is -2.49. The summed E-state index contributed by atoms with van der Waals surface area (Å²) in [6.07, 6.45) is 1.02. The van der Waals surface area contributed by atoms with E-state index >= 15 is 0 Å². The molecule has 144 valence electrons. The molecule has 1 amide bonds. The van der Waals surface area contributed by atoms with Gasteiger partial charge in [0.2, 0.25) is 5.91 Å². The van der Waals surface area contributed by atoms with Crippen LogP contribution in [0.5, 0.6) is 5.75 Å². The van der Waals surface area contributed by atoms with Gasteiger partial charge in [-0.1, -0.05) is 26.0 Å². The minimum atomic E-state index is -0.165. The summed E-state index contributed by atoms with van der Waals surface area (Å²) in [5.74, 6) is 1.37. The van der Waals surface area contributed by atoms with Gasteiger partial charge in [-0.2, -0.15) is 0 Å².